The Morgan fingerprint density at radius 2 is 2.00 bits per heavy atom. The van der Waals surface area contributed by atoms with Gasteiger partial charge in [0.05, 0.1) is 0 Å². The van der Waals surface area contributed by atoms with Crippen LogP contribution in [0.3, 0.4) is 0 Å². The molecule has 1 aliphatic heterocycles. The van der Waals surface area contributed by atoms with E-state index in [-0.39, 0.29) is 0 Å². The third-order valence-electron chi connectivity index (χ3n) is 5.00. The molecule has 0 atom stereocenters. The Balaban J connectivity index is 1.47. The Bertz CT molecular complexity index is 641. The molecule has 0 unspecified atom stereocenters. The van der Waals surface area contributed by atoms with Crippen LogP contribution in [0.1, 0.15) is 29.8 Å². The molecule has 5 heteroatoms. The SMILES string of the molecule is Cc1cccc(N2CCC(NCCc3nncn3C)CC2)c1C. The second kappa shape index (κ2) is 7.13. The molecule has 1 N–H and O–H groups in total. The molecular formula is C18H27N5. The van der Waals surface area contributed by atoms with Gasteiger partial charge in [-0.15, -0.1) is 10.2 Å². The van der Waals surface area contributed by atoms with Gasteiger partial charge in [-0.05, 0) is 43.9 Å². The van der Waals surface area contributed by atoms with E-state index in [0.717, 1.165) is 31.9 Å². The molecule has 124 valence electrons. The van der Waals surface area contributed by atoms with E-state index in [1.807, 2.05) is 11.6 Å². The van der Waals surface area contributed by atoms with Crippen LogP contribution < -0.4 is 10.2 Å². The van der Waals surface area contributed by atoms with Gasteiger partial charge in [-0.2, -0.15) is 0 Å². The van der Waals surface area contributed by atoms with E-state index in [1.54, 1.807) is 6.33 Å². The fourth-order valence-corrected chi connectivity index (χ4v) is 3.32. The van der Waals surface area contributed by atoms with E-state index < -0.39 is 0 Å². The summed E-state index contributed by atoms with van der Waals surface area (Å²) >= 11 is 0. The molecule has 2 heterocycles. The number of aryl methyl sites for hydroxylation is 2. The van der Waals surface area contributed by atoms with Gasteiger partial charge in [0, 0.05) is 44.8 Å². The van der Waals surface area contributed by atoms with Crippen molar-refractivity contribution in [3.05, 3.63) is 41.5 Å². The summed E-state index contributed by atoms with van der Waals surface area (Å²) in [4.78, 5) is 2.53. The lowest BCUT2D eigenvalue weighted by Gasteiger charge is -2.35. The largest absolute Gasteiger partial charge is 0.371 e. The number of anilines is 1. The van der Waals surface area contributed by atoms with E-state index in [0.29, 0.717) is 6.04 Å². The molecule has 23 heavy (non-hydrogen) atoms. The Morgan fingerprint density at radius 3 is 2.70 bits per heavy atom. The van der Waals surface area contributed by atoms with Gasteiger partial charge in [0.25, 0.3) is 0 Å². The third kappa shape index (κ3) is 3.72. The first-order chi connectivity index (χ1) is 11.1. The number of nitrogens with zero attached hydrogens (tertiary/aromatic N) is 4. The van der Waals surface area contributed by atoms with Crippen molar-refractivity contribution in [1.29, 1.82) is 0 Å². The molecular weight excluding hydrogens is 286 g/mol. The van der Waals surface area contributed by atoms with Gasteiger partial charge in [0.1, 0.15) is 12.2 Å². The molecule has 1 aromatic carbocycles. The molecule has 1 aliphatic rings. The Kier molecular flexibility index (Phi) is 4.96. The minimum atomic E-state index is 0.615. The van der Waals surface area contributed by atoms with Crippen molar-refractivity contribution in [2.24, 2.45) is 7.05 Å². The Labute approximate surface area is 138 Å². The number of benzene rings is 1. The summed E-state index contributed by atoms with van der Waals surface area (Å²) in [5, 5.41) is 11.7. The summed E-state index contributed by atoms with van der Waals surface area (Å²) in [6.07, 6.45) is 5.10. The summed E-state index contributed by atoms with van der Waals surface area (Å²) in [5.41, 5.74) is 4.20. The van der Waals surface area contributed by atoms with Crippen molar-refractivity contribution in [3.63, 3.8) is 0 Å². The maximum absolute atomic E-state index is 4.13. The fourth-order valence-electron chi connectivity index (χ4n) is 3.32. The number of aromatic nitrogens is 3. The van der Waals surface area contributed by atoms with E-state index in [9.17, 15) is 0 Å². The number of rotatable bonds is 5. The summed E-state index contributed by atoms with van der Waals surface area (Å²) in [7, 11) is 2.00. The van der Waals surface area contributed by atoms with E-state index in [1.165, 1.54) is 29.7 Å². The maximum atomic E-state index is 4.13. The molecule has 0 radical (unpaired) electrons. The van der Waals surface area contributed by atoms with Crippen molar-refractivity contribution >= 4 is 5.69 Å². The standard InChI is InChI=1S/C18H27N5/c1-14-5-4-6-17(15(14)2)23-11-8-16(9-12-23)19-10-7-18-21-20-13-22(18)3/h4-6,13,16,19H,7-12H2,1-3H3. The van der Waals surface area contributed by atoms with Crippen LogP contribution in [0, 0.1) is 13.8 Å². The van der Waals surface area contributed by atoms with Crippen molar-refractivity contribution in [2.75, 3.05) is 24.5 Å². The molecule has 0 aliphatic carbocycles. The fraction of sp³-hybridized carbons (Fsp3) is 0.556. The Morgan fingerprint density at radius 1 is 1.22 bits per heavy atom. The topological polar surface area (TPSA) is 46.0 Å². The first-order valence-corrected chi connectivity index (χ1v) is 8.52. The van der Waals surface area contributed by atoms with Crippen molar-refractivity contribution < 1.29 is 0 Å². The summed E-state index contributed by atoms with van der Waals surface area (Å²) in [6, 6.07) is 7.23. The third-order valence-corrected chi connectivity index (χ3v) is 5.00. The number of hydrogen-bond acceptors (Lipinski definition) is 4. The molecule has 0 bridgehead atoms. The predicted octanol–water partition coefficient (Wildman–Crippen LogP) is 2.23. The molecule has 3 rings (SSSR count). The van der Waals surface area contributed by atoms with Crippen LogP contribution in [0.15, 0.2) is 24.5 Å². The lowest BCUT2D eigenvalue weighted by atomic mass is 10.0. The van der Waals surface area contributed by atoms with Gasteiger partial charge in [0.2, 0.25) is 0 Å². The van der Waals surface area contributed by atoms with Crippen LogP contribution in [0.25, 0.3) is 0 Å². The zero-order valence-corrected chi connectivity index (χ0v) is 14.4. The van der Waals surface area contributed by atoms with Crippen LogP contribution >= 0.6 is 0 Å². The first kappa shape index (κ1) is 16.0. The molecule has 0 amide bonds. The molecule has 0 saturated carbocycles. The molecule has 2 aromatic rings. The highest BCUT2D eigenvalue weighted by Crippen LogP contribution is 2.25. The van der Waals surface area contributed by atoms with Gasteiger partial charge in [-0.25, -0.2) is 0 Å². The zero-order chi connectivity index (χ0) is 16.2. The summed E-state index contributed by atoms with van der Waals surface area (Å²) in [5.74, 6) is 1.05. The monoisotopic (exact) mass is 313 g/mol. The normalized spacial score (nSPS) is 16.0. The molecule has 5 nitrogen and oxygen atoms in total. The predicted molar refractivity (Wildman–Crippen MR) is 93.9 cm³/mol. The van der Waals surface area contributed by atoms with Crippen LogP contribution in [-0.2, 0) is 13.5 Å². The van der Waals surface area contributed by atoms with Crippen LogP contribution in [0.2, 0.25) is 0 Å². The molecule has 1 fully saturated rings. The van der Waals surface area contributed by atoms with Crippen molar-refractivity contribution in [1.82, 2.24) is 20.1 Å². The molecule has 0 spiro atoms. The van der Waals surface area contributed by atoms with Gasteiger partial charge >= 0.3 is 0 Å². The first-order valence-electron chi connectivity index (χ1n) is 8.52. The molecule has 1 aromatic heterocycles. The summed E-state index contributed by atoms with van der Waals surface area (Å²) < 4.78 is 1.99. The highest BCUT2D eigenvalue weighted by atomic mass is 15.2. The number of piperidine rings is 1. The number of hydrogen-bond donors (Lipinski definition) is 1. The number of nitrogens with one attached hydrogen (secondary N) is 1. The van der Waals surface area contributed by atoms with Crippen LogP contribution in [-0.4, -0.2) is 40.4 Å². The summed E-state index contributed by atoms with van der Waals surface area (Å²) in [6.45, 7) is 7.66. The lowest BCUT2D eigenvalue weighted by molar-refractivity contribution is 0.415. The second-order valence-electron chi connectivity index (χ2n) is 6.54. The molecule has 1 saturated heterocycles. The minimum Gasteiger partial charge on any atom is -0.371 e. The average molecular weight is 313 g/mol. The van der Waals surface area contributed by atoms with Crippen LogP contribution in [0.5, 0.6) is 0 Å². The van der Waals surface area contributed by atoms with E-state index in [4.69, 9.17) is 0 Å². The quantitative estimate of drug-likeness (QED) is 0.919. The highest BCUT2D eigenvalue weighted by Gasteiger charge is 2.20. The van der Waals surface area contributed by atoms with Crippen LogP contribution in [0.4, 0.5) is 5.69 Å². The lowest BCUT2D eigenvalue weighted by Crippen LogP contribution is -2.43. The highest BCUT2D eigenvalue weighted by molar-refractivity contribution is 5.56. The van der Waals surface area contributed by atoms with Crippen molar-refractivity contribution in [3.8, 4) is 0 Å². The smallest absolute Gasteiger partial charge is 0.133 e. The minimum absolute atomic E-state index is 0.615. The van der Waals surface area contributed by atoms with Gasteiger partial charge in [-0.3, -0.25) is 0 Å². The van der Waals surface area contributed by atoms with E-state index >= 15 is 0 Å². The zero-order valence-electron chi connectivity index (χ0n) is 14.4. The van der Waals surface area contributed by atoms with Gasteiger partial charge < -0.3 is 14.8 Å². The Hall–Kier alpha value is -1.88. The van der Waals surface area contributed by atoms with Gasteiger partial charge in [-0.1, -0.05) is 12.1 Å². The van der Waals surface area contributed by atoms with E-state index in [2.05, 4.69) is 52.5 Å². The van der Waals surface area contributed by atoms with Gasteiger partial charge in [0.15, 0.2) is 0 Å². The second-order valence-corrected chi connectivity index (χ2v) is 6.54. The average Bonchev–Trinajstić information content (AvgIpc) is 2.96. The van der Waals surface area contributed by atoms with Crippen molar-refractivity contribution in [2.45, 2.75) is 39.2 Å². The maximum Gasteiger partial charge on any atom is 0.133 e.